The SMILES string of the molecule is Cc1ccc(NS(=O)(=O)c2ccc(NC(=O)COc3ccc(Cl)cc3C)cc2)c(C)c1. The molecule has 0 heterocycles. The maximum atomic E-state index is 12.7. The number of anilines is 2. The normalized spacial score (nSPS) is 11.1. The highest BCUT2D eigenvalue weighted by atomic mass is 35.5. The van der Waals surface area contributed by atoms with E-state index in [2.05, 4.69) is 10.0 Å². The third-order valence-electron chi connectivity index (χ3n) is 4.57. The van der Waals surface area contributed by atoms with Gasteiger partial charge in [-0.05, 0) is 80.4 Å². The Kier molecular flexibility index (Phi) is 6.87. The first-order chi connectivity index (χ1) is 14.6. The molecule has 0 fully saturated rings. The molecular formula is C23H23ClN2O4S. The minimum absolute atomic E-state index is 0.0958. The second kappa shape index (κ2) is 9.41. The summed E-state index contributed by atoms with van der Waals surface area (Å²) in [7, 11) is -3.75. The number of nitrogens with one attached hydrogen (secondary N) is 2. The predicted octanol–water partition coefficient (Wildman–Crippen LogP) is 5.08. The molecule has 0 saturated heterocycles. The fourth-order valence-corrected chi connectivity index (χ4v) is 4.32. The number of carbonyl (C=O) groups excluding carboxylic acids is 1. The highest BCUT2D eigenvalue weighted by molar-refractivity contribution is 7.92. The van der Waals surface area contributed by atoms with Crippen LogP contribution >= 0.6 is 11.6 Å². The summed E-state index contributed by atoms with van der Waals surface area (Å²) in [5.74, 6) is 0.205. The van der Waals surface area contributed by atoms with Gasteiger partial charge < -0.3 is 10.1 Å². The highest BCUT2D eigenvalue weighted by Gasteiger charge is 2.15. The van der Waals surface area contributed by atoms with E-state index in [1.165, 1.54) is 24.3 Å². The van der Waals surface area contributed by atoms with Crippen LogP contribution in [0.25, 0.3) is 0 Å². The summed E-state index contributed by atoms with van der Waals surface area (Å²) >= 11 is 5.91. The van der Waals surface area contributed by atoms with E-state index in [0.717, 1.165) is 16.7 Å². The van der Waals surface area contributed by atoms with Gasteiger partial charge in [-0.15, -0.1) is 0 Å². The minimum atomic E-state index is -3.75. The molecule has 0 aliphatic heterocycles. The zero-order valence-corrected chi connectivity index (χ0v) is 19.0. The lowest BCUT2D eigenvalue weighted by atomic mass is 10.1. The van der Waals surface area contributed by atoms with Gasteiger partial charge in [0.2, 0.25) is 0 Å². The van der Waals surface area contributed by atoms with Crippen LogP contribution in [0.3, 0.4) is 0 Å². The van der Waals surface area contributed by atoms with E-state index in [1.54, 1.807) is 24.3 Å². The van der Waals surface area contributed by atoms with Crippen LogP contribution in [0.2, 0.25) is 5.02 Å². The van der Waals surface area contributed by atoms with Crippen LogP contribution in [0.1, 0.15) is 16.7 Å². The van der Waals surface area contributed by atoms with Crippen molar-refractivity contribution in [2.75, 3.05) is 16.6 Å². The van der Waals surface area contributed by atoms with Crippen LogP contribution < -0.4 is 14.8 Å². The first-order valence-corrected chi connectivity index (χ1v) is 11.4. The van der Waals surface area contributed by atoms with Crippen LogP contribution in [0.5, 0.6) is 5.75 Å². The van der Waals surface area contributed by atoms with Gasteiger partial charge in [-0.2, -0.15) is 0 Å². The molecule has 0 aromatic heterocycles. The van der Waals surface area contributed by atoms with Crippen molar-refractivity contribution in [2.24, 2.45) is 0 Å². The van der Waals surface area contributed by atoms with Gasteiger partial charge >= 0.3 is 0 Å². The largest absolute Gasteiger partial charge is 0.483 e. The van der Waals surface area contributed by atoms with Crippen molar-refractivity contribution in [1.29, 1.82) is 0 Å². The smallest absolute Gasteiger partial charge is 0.262 e. The molecule has 0 saturated carbocycles. The summed E-state index contributed by atoms with van der Waals surface area (Å²) < 4.78 is 33.4. The maximum absolute atomic E-state index is 12.7. The molecule has 0 aliphatic rings. The molecule has 31 heavy (non-hydrogen) atoms. The van der Waals surface area contributed by atoms with Gasteiger partial charge in [0.1, 0.15) is 5.75 Å². The van der Waals surface area contributed by atoms with Crippen LogP contribution in [0, 0.1) is 20.8 Å². The van der Waals surface area contributed by atoms with Crippen LogP contribution in [-0.4, -0.2) is 20.9 Å². The standard InChI is InChI=1S/C23H23ClN2O4S/c1-15-4-10-21(16(2)12-15)26-31(28,29)20-8-6-19(7-9-20)25-23(27)14-30-22-11-5-18(24)13-17(22)3/h4-13,26H,14H2,1-3H3,(H,25,27). The topological polar surface area (TPSA) is 84.5 Å². The van der Waals surface area contributed by atoms with E-state index in [0.29, 0.717) is 22.1 Å². The molecule has 1 amide bonds. The number of sulfonamides is 1. The number of hydrogen-bond donors (Lipinski definition) is 2. The van der Waals surface area contributed by atoms with Crippen LogP contribution in [-0.2, 0) is 14.8 Å². The van der Waals surface area contributed by atoms with Crippen LogP contribution in [0.4, 0.5) is 11.4 Å². The molecular weight excluding hydrogens is 436 g/mol. The molecule has 0 unspecified atom stereocenters. The Hall–Kier alpha value is -3.03. The number of hydrogen-bond acceptors (Lipinski definition) is 4. The molecule has 0 radical (unpaired) electrons. The van der Waals surface area contributed by atoms with Crippen molar-refractivity contribution in [3.05, 3.63) is 82.4 Å². The molecule has 3 aromatic rings. The number of amides is 1. The molecule has 0 bridgehead atoms. The Bertz CT molecular complexity index is 1210. The molecule has 8 heteroatoms. The molecule has 0 aliphatic carbocycles. The summed E-state index contributed by atoms with van der Waals surface area (Å²) in [5, 5.41) is 3.28. The molecule has 162 valence electrons. The van der Waals surface area contributed by atoms with E-state index in [4.69, 9.17) is 16.3 Å². The quantitative estimate of drug-likeness (QED) is 0.516. The van der Waals surface area contributed by atoms with Crippen molar-refractivity contribution in [3.63, 3.8) is 0 Å². The lowest BCUT2D eigenvalue weighted by Crippen LogP contribution is -2.20. The number of ether oxygens (including phenoxy) is 1. The van der Waals surface area contributed by atoms with Crippen molar-refractivity contribution in [3.8, 4) is 5.75 Å². The Morgan fingerprint density at radius 2 is 1.65 bits per heavy atom. The first kappa shape index (κ1) is 22.7. The highest BCUT2D eigenvalue weighted by Crippen LogP contribution is 2.23. The van der Waals surface area contributed by atoms with Gasteiger partial charge in [0.25, 0.3) is 15.9 Å². The molecule has 3 rings (SSSR count). The Labute approximate surface area is 187 Å². The zero-order valence-electron chi connectivity index (χ0n) is 17.4. The molecule has 0 spiro atoms. The number of aryl methyl sites for hydroxylation is 3. The third kappa shape index (κ3) is 5.99. The minimum Gasteiger partial charge on any atom is -0.483 e. The van der Waals surface area contributed by atoms with E-state index in [9.17, 15) is 13.2 Å². The third-order valence-corrected chi connectivity index (χ3v) is 6.19. The first-order valence-electron chi connectivity index (χ1n) is 9.53. The van der Waals surface area contributed by atoms with Gasteiger partial charge in [0.15, 0.2) is 6.61 Å². The van der Waals surface area contributed by atoms with E-state index in [1.807, 2.05) is 32.9 Å². The summed E-state index contributed by atoms with van der Waals surface area (Å²) in [4.78, 5) is 12.3. The van der Waals surface area contributed by atoms with E-state index < -0.39 is 10.0 Å². The molecule has 3 aromatic carbocycles. The Balaban J connectivity index is 1.61. The number of carbonyl (C=O) groups is 1. The summed E-state index contributed by atoms with van der Waals surface area (Å²) in [5.41, 5.74) is 3.70. The van der Waals surface area contributed by atoms with Gasteiger partial charge in [-0.25, -0.2) is 8.42 Å². The van der Waals surface area contributed by atoms with Gasteiger partial charge in [0, 0.05) is 10.7 Å². The maximum Gasteiger partial charge on any atom is 0.262 e. The van der Waals surface area contributed by atoms with Crippen molar-refractivity contribution < 1.29 is 17.9 Å². The van der Waals surface area contributed by atoms with Crippen molar-refractivity contribution in [1.82, 2.24) is 0 Å². The van der Waals surface area contributed by atoms with E-state index in [-0.39, 0.29) is 17.4 Å². The average molecular weight is 459 g/mol. The van der Waals surface area contributed by atoms with Crippen molar-refractivity contribution >= 4 is 38.9 Å². The van der Waals surface area contributed by atoms with E-state index >= 15 is 0 Å². The second-order valence-electron chi connectivity index (χ2n) is 7.19. The van der Waals surface area contributed by atoms with Gasteiger partial charge in [-0.1, -0.05) is 29.3 Å². The monoisotopic (exact) mass is 458 g/mol. The average Bonchev–Trinajstić information content (AvgIpc) is 2.70. The van der Waals surface area contributed by atoms with Crippen LogP contribution in [0.15, 0.2) is 65.6 Å². The Morgan fingerprint density at radius 1 is 0.935 bits per heavy atom. The fourth-order valence-electron chi connectivity index (χ4n) is 2.96. The molecule has 0 atom stereocenters. The molecule has 2 N–H and O–H groups in total. The van der Waals surface area contributed by atoms with Crippen molar-refractivity contribution in [2.45, 2.75) is 25.7 Å². The lowest BCUT2D eigenvalue weighted by molar-refractivity contribution is -0.118. The second-order valence-corrected chi connectivity index (χ2v) is 9.31. The lowest BCUT2D eigenvalue weighted by Gasteiger charge is -2.12. The zero-order chi connectivity index (χ0) is 22.6. The predicted molar refractivity (Wildman–Crippen MR) is 123 cm³/mol. The summed E-state index contributed by atoms with van der Waals surface area (Å²) in [6, 6.07) is 16.6. The van der Waals surface area contributed by atoms with Gasteiger partial charge in [0.05, 0.1) is 10.6 Å². The number of benzene rings is 3. The summed E-state index contributed by atoms with van der Waals surface area (Å²) in [6.45, 7) is 5.44. The van der Waals surface area contributed by atoms with Gasteiger partial charge in [-0.3, -0.25) is 9.52 Å². The number of rotatable bonds is 7. The molecule has 6 nitrogen and oxygen atoms in total. The fraction of sp³-hybridized carbons (Fsp3) is 0.174. The number of halogens is 1. The summed E-state index contributed by atoms with van der Waals surface area (Å²) in [6.07, 6.45) is 0. The Morgan fingerprint density at radius 3 is 2.29 bits per heavy atom.